The van der Waals surface area contributed by atoms with Crippen molar-refractivity contribution in [2.24, 2.45) is 4.99 Å². The van der Waals surface area contributed by atoms with E-state index >= 15 is 0 Å². The topological polar surface area (TPSA) is 68.8 Å². The first-order valence-electron chi connectivity index (χ1n) is 9.47. The first-order valence-corrected chi connectivity index (χ1v) is 10.3. The molecule has 1 unspecified atom stereocenters. The highest BCUT2D eigenvalue weighted by Gasteiger charge is 2.24. The molecule has 7 heteroatoms. The molecule has 0 saturated carbocycles. The van der Waals surface area contributed by atoms with Crippen molar-refractivity contribution in [2.75, 3.05) is 38.1 Å². The minimum atomic E-state index is -0.0646. The van der Waals surface area contributed by atoms with Gasteiger partial charge in [-0.3, -0.25) is 9.79 Å². The van der Waals surface area contributed by atoms with E-state index in [1.807, 2.05) is 24.3 Å². The largest absolute Gasteiger partial charge is 0.368 e. The second-order valence-corrected chi connectivity index (χ2v) is 7.50. The quantitative estimate of drug-likeness (QED) is 0.364. The monoisotopic (exact) mass is 443 g/mol. The molecule has 6 nitrogen and oxygen atoms in total. The molecule has 3 N–H and O–H groups in total. The van der Waals surface area contributed by atoms with Gasteiger partial charge < -0.3 is 20.9 Å². The maximum atomic E-state index is 12.0. The van der Waals surface area contributed by atoms with E-state index in [0.717, 1.165) is 29.9 Å². The normalized spacial score (nSPS) is 16.7. The van der Waals surface area contributed by atoms with Gasteiger partial charge in [-0.25, -0.2) is 0 Å². The Morgan fingerprint density at radius 1 is 1.11 bits per heavy atom. The highest BCUT2D eigenvalue weighted by atomic mass is 79.9. The van der Waals surface area contributed by atoms with E-state index in [-0.39, 0.29) is 5.91 Å². The fourth-order valence-corrected chi connectivity index (χ4v) is 3.78. The van der Waals surface area contributed by atoms with Crippen molar-refractivity contribution in [2.45, 2.75) is 12.5 Å². The van der Waals surface area contributed by atoms with Crippen molar-refractivity contribution in [1.82, 2.24) is 16.0 Å². The lowest BCUT2D eigenvalue weighted by atomic mass is 10.2. The van der Waals surface area contributed by atoms with Crippen molar-refractivity contribution in [3.8, 4) is 0 Å². The molecule has 0 spiro atoms. The lowest BCUT2D eigenvalue weighted by Gasteiger charge is -2.21. The zero-order valence-electron chi connectivity index (χ0n) is 16.0. The molecule has 0 bridgehead atoms. The Hall–Kier alpha value is -2.54. The molecule has 28 heavy (non-hydrogen) atoms. The van der Waals surface area contributed by atoms with Gasteiger partial charge in [0.25, 0.3) is 5.91 Å². The molecular weight excluding hydrogens is 418 g/mol. The van der Waals surface area contributed by atoms with Crippen LogP contribution in [-0.2, 0) is 0 Å². The van der Waals surface area contributed by atoms with Crippen molar-refractivity contribution in [3.63, 3.8) is 0 Å². The molecule has 1 amide bonds. The summed E-state index contributed by atoms with van der Waals surface area (Å²) in [5.74, 6) is 0.693. The van der Waals surface area contributed by atoms with Gasteiger partial charge >= 0.3 is 0 Å². The smallest absolute Gasteiger partial charge is 0.251 e. The van der Waals surface area contributed by atoms with E-state index in [2.05, 4.69) is 60.0 Å². The lowest BCUT2D eigenvalue weighted by molar-refractivity contribution is 0.0954. The summed E-state index contributed by atoms with van der Waals surface area (Å²) >= 11 is 3.63. The summed E-state index contributed by atoms with van der Waals surface area (Å²) in [6, 6.07) is 17.9. The molecule has 0 aliphatic carbocycles. The maximum absolute atomic E-state index is 12.0. The predicted octanol–water partition coefficient (Wildman–Crippen LogP) is 2.62. The Labute approximate surface area is 174 Å². The summed E-state index contributed by atoms with van der Waals surface area (Å²) in [7, 11) is 1.76. The number of halogens is 1. The molecule has 1 atom stereocenters. The van der Waals surface area contributed by atoms with Gasteiger partial charge in [0, 0.05) is 49.3 Å². The third-order valence-electron chi connectivity index (χ3n) is 4.68. The van der Waals surface area contributed by atoms with Crippen molar-refractivity contribution in [3.05, 3.63) is 64.6 Å². The number of nitrogens with one attached hydrogen (secondary N) is 3. The Morgan fingerprint density at radius 2 is 1.82 bits per heavy atom. The Morgan fingerprint density at radius 3 is 2.57 bits per heavy atom. The van der Waals surface area contributed by atoms with Crippen molar-refractivity contribution >= 4 is 33.5 Å². The van der Waals surface area contributed by atoms with Crippen LogP contribution in [0.4, 0.5) is 5.69 Å². The van der Waals surface area contributed by atoms with Gasteiger partial charge in [-0.05, 0) is 46.6 Å². The van der Waals surface area contributed by atoms with Gasteiger partial charge in [0.15, 0.2) is 5.96 Å². The van der Waals surface area contributed by atoms with Gasteiger partial charge in [-0.2, -0.15) is 0 Å². The predicted molar refractivity (Wildman–Crippen MR) is 118 cm³/mol. The number of rotatable bonds is 6. The number of hydrogen-bond donors (Lipinski definition) is 3. The number of para-hydroxylation sites is 1. The number of carbonyl (C=O) groups excluding carboxylic acids is 1. The molecule has 0 aromatic heterocycles. The molecule has 1 aliphatic heterocycles. The highest BCUT2D eigenvalue weighted by molar-refractivity contribution is 9.10. The van der Waals surface area contributed by atoms with E-state index in [9.17, 15) is 4.79 Å². The van der Waals surface area contributed by atoms with Crippen LogP contribution in [0, 0.1) is 0 Å². The van der Waals surface area contributed by atoms with Crippen LogP contribution in [0.5, 0.6) is 0 Å². The summed E-state index contributed by atoms with van der Waals surface area (Å²) in [6.07, 6.45) is 1.05. The Bertz CT molecular complexity index is 811. The van der Waals surface area contributed by atoms with Crippen LogP contribution >= 0.6 is 15.9 Å². The summed E-state index contributed by atoms with van der Waals surface area (Å²) in [5.41, 5.74) is 1.89. The summed E-state index contributed by atoms with van der Waals surface area (Å²) in [4.78, 5) is 18.7. The molecule has 148 valence electrons. The second-order valence-electron chi connectivity index (χ2n) is 6.65. The van der Waals surface area contributed by atoms with Gasteiger partial charge in [0.1, 0.15) is 0 Å². The number of hydrogen-bond acceptors (Lipinski definition) is 3. The van der Waals surface area contributed by atoms with Gasteiger partial charge in [-0.1, -0.05) is 30.3 Å². The fourth-order valence-electron chi connectivity index (χ4n) is 3.24. The van der Waals surface area contributed by atoms with E-state index in [1.165, 1.54) is 5.69 Å². The van der Waals surface area contributed by atoms with Gasteiger partial charge in [0.05, 0.1) is 5.69 Å². The number of carbonyl (C=O) groups is 1. The number of anilines is 1. The van der Waals surface area contributed by atoms with Crippen LogP contribution in [0.25, 0.3) is 0 Å². The van der Waals surface area contributed by atoms with E-state index < -0.39 is 0 Å². The van der Waals surface area contributed by atoms with Crippen LogP contribution in [0.2, 0.25) is 0 Å². The molecule has 1 aliphatic rings. The average molecular weight is 444 g/mol. The van der Waals surface area contributed by atoms with Crippen LogP contribution in [0.1, 0.15) is 16.8 Å². The fraction of sp³-hybridized carbons (Fsp3) is 0.333. The van der Waals surface area contributed by atoms with E-state index in [0.29, 0.717) is 24.7 Å². The van der Waals surface area contributed by atoms with Crippen LogP contribution < -0.4 is 20.9 Å². The zero-order chi connectivity index (χ0) is 19.8. The molecule has 2 aromatic carbocycles. The first-order chi connectivity index (χ1) is 13.7. The third kappa shape index (κ3) is 5.48. The van der Waals surface area contributed by atoms with Crippen molar-refractivity contribution < 1.29 is 4.79 Å². The molecule has 1 heterocycles. The second kappa shape index (κ2) is 10.1. The summed E-state index contributed by atoms with van der Waals surface area (Å²) < 4.78 is 1.12. The van der Waals surface area contributed by atoms with Gasteiger partial charge in [-0.15, -0.1) is 0 Å². The zero-order valence-corrected chi connectivity index (χ0v) is 17.6. The third-order valence-corrected chi connectivity index (χ3v) is 5.36. The SMILES string of the molecule is CN=C(NCCNC(=O)c1ccccc1)NC1CCN(c2ccccc2Br)C1. The Balaban J connectivity index is 1.40. The maximum Gasteiger partial charge on any atom is 0.251 e. The summed E-state index contributed by atoms with van der Waals surface area (Å²) in [6.45, 7) is 3.07. The minimum Gasteiger partial charge on any atom is -0.368 e. The average Bonchev–Trinajstić information content (AvgIpc) is 3.19. The lowest BCUT2D eigenvalue weighted by Crippen LogP contribution is -2.46. The first kappa shape index (κ1) is 20.2. The summed E-state index contributed by atoms with van der Waals surface area (Å²) in [5, 5.41) is 9.65. The molecule has 0 radical (unpaired) electrons. The van der Waals surface area contributed by atoms with Crippen molar-refractivity contribution in [1.29, 1.82) is 0 Å². The standard InChI is InChI=1S/C21H26BrN5O/c1-23-21(25-13-12-24-20(28)16-7-3-2-4-8-16)26-17-11-14-27(15-17)19-10-6-5-9-18(19)22/h2-10,17H,11-15H2,1H3,(H,24,28)(H2,23,25,26). The molecule has 1 fully saturated rings. The number of amides is 1. The molecule has 3 rings (SSSR count). The van der Waals surface area contributed by atoms with Gasteiger partial charge in [0.2, 0.25) is 0 Å². The minimum absolute atomic E-state index is 0.0646. The number of nitrogens with zero attached hydrogens (tertiary/aromatic N) is 2. The van der Waals surface area contributed by atoms with E-state index in [1.54, 1.807) is 19.2 Å². The molecule has 2 aromatic rings. The van der Waals surface area contributed by atoms with Crippen LogP contribution in [0.15, 0.2) is 64.1 Å². The van der Waals surface area contributed by atoms with Crippen LogP contribution in [0.3, 0.4) is 0 Å². The molecular formula is C21H26BrN5O. The Kier molecular flexibility index (Phi) is 7.31. The highest BCUT2D eigenvalue weighted by Crippen LogP contribution is 2.28. The number of aliphatic imine (C=N–C) groups is 1. The number of benzene rings is 2. The van der Waals surface area contributed by atoms with E-state index in [4.69, 9.17) is 0 Å². The number of guanidine groups is 1. The van der Waals surface area contributed by atoms with Crippen LogP contribution in [-0.4, -0.2) is 51.1 Å². The molecule has 1 saturated heterocycles.